The Morgan fingerprint density at radius 3 is 2.40 bits per heavy atom. The Morgan fingerprint density at radius 2 is 2.40 bits per heavy atom. The molecular weight excluding hydrogens is 70.0 g/mol. The van der Waals surface area contributed by atoms with Crippen LogP contribution in [0.3, 0.4) is 0 Å². The van der Waals surface area contributed by atoms with Gasteiger partial charge in [-0.2, -0.15) is 0 Å². The summed E-state index contributed by atoms with van der Waals surface area (Å²) in [5.74, 6) is 5.98. The molecule has 0 aliphatic carbocycles. The quantitative estimate of drug-likeness (QED) is 0.338. The first kappa shape index (κ1) is 4.88. The molecule has 0 heterocycles. The van der Waals surface area contributed by atoms with Crippen molar-refractivity contribution in [2.24, 2.45) is 0 Å². The number of nitrogens with one attached hydrogen (secondary N) is 1. The second kappa shape index (κ2) is 3.88. The molecule has 0 atom stereocenters. The molecule has 0 rings (SSSR count). The molecule has 0 aliphatic rings. The van der Waals surface area contributed by atoms with E-state index in [0.717, 1.165) is 0 Å². The first-order valence-corrected chi connectivity index (χ1v) is 1.19. The first-order valence-electron chi connectivity index (χ1n) is 1.19. The highest BCUT2D eigenvalue weighted by Crippen LogP contribution is 1.58. The Kier molecular flexibility index (Phi) is 3.79. The van der Waals surface area contributed by atoms with Crippen molar-refractivity contribution in [1.29, 1.82) is 0 Å². The van der Waals surface area contributed by atoms with Crippen molar-refractivity contribution in [2.75, 3.05) is 13.9 Å². The number of methoxy groups -OCH3 is 1. The van der Waals surface area contributed by atoms with Crippen molar-refractivity contribution < 1.29 is 9.57 Å². The van der Waals surface area contributed by atoms with Gasteiger partial charge in [-0.25, -0.2) is 0 Å². The molecule has 3 nitrogen and oxygen atoms in total. The van der Waals surface area contributed by atoms with E-state index in [-0.39, 0.29) is 6.79 Å². The van der Waals surface area contributed by atoms with Crippen molar-refractivity contribution in [3.63, 3.8) is 0 Å². The second-order valence-electron chi connectivity index (χ2n) is 0.551. The topological polar surface area (TPSA) is 42.3 Å². The van der Waals surface area contributed by atoms with Crippen LogP contribution in [-0.4, -0.2) is 13.9 Å². The molecule has 1 radical (unpaired) electrons. The Bertz CT molecular complexity index is 15.1. The molecule has 31 valence electrons. The standard InChI is InChI=1S/C2H6NO2/c1-4-2-5-3/h3H,2H2,1H3. The zero-order valence-electron chi connectivity index (χ0n) is 3.02. The van der Waals surface area contributed by atoms with Gasteiger partial charge in [0.2, 0.25) is 0 Å². The fourth-order valence-electron chi connectivity index (χ4n) is 0.0589. The molecule has 5 heavy (non-hydrogen) atoms. The Morgan fingerprint density at radius 1 is 1.80 bits per heavy atom. The summed E-state index contributed by atoms with van der Waals surface area (Å²) in [6.07, 6.45) is 0. The summed E-state index contributed by atoms with van der Waals surface area (Å²) in [6, 6.07) is 0. The highest BCUT2D eigenvalue weighted by atomic mass is 16.7. The Balaban J connectivity index is 2.19. The monoisotopic (exact) mass is 76.0 g/mol. The SMILES string of the molecule is COCO[NH]. The maximum Gasteiger partial charge on any atom is 0.168 e. The zero-order valence-corrected chi connectivity index (χ0v) is 3.02. The van der Waals surface area contributed by atoms with Gasteiger partial charge in [0, 0.05) is 7.11 Å². The van der Waals surface area contributed by atoms with E-state index in [9.17, 15) is 0 Å². The van der Waals surface area contributed by atoms with Gasteiger partial charge in [0.1, 0.15) is 0 Å². The number of hydrogen-bond donors (Lipinski definition) is 0. The van der Waals surface area contributed by atoms with Crippen LogP contribution in [0, 0.1) is 0 Å². The Hall–Kier alpha value is -0.120. The highest BCUT2D eigenvalue weighted by molar-refractivity contribution is 3.80. The molecule has 3 heteroatoms. The normalized spacial score (nSPS) is 8.40. The zero-order chi connectivity index (χ0) is 4.12. The van der Waals surface area contributed by atoms with Gasteiger partial charge in [-0.05, 0) is 0 Å². The third-order valence-electron chi connectivity index (χ3n) is 0.177. The van der Waals surface area contributed by atoms with Gasteiger partial charge in [-0.1, -0.05) is 0 Å². The maximum absolute atomic E-state index is 5.98. The minimum atomic E-state index is 0.0556. The fourth-order valence-corrected chi connectivity index (χ4v) is 0.0589. The molecule has 0 unspecified atom stereocenters. The minimum absolute atomic E-state index is 0.0556. The molecule has 0 aromatic rings. The van der Waals surface area contributed by atoms with Gasteiger partial charge in [-0.15, -0.1) is 5.90 Å². The lowest BCUT2D eigenvalue weighted by Gasteiger charge is -1.85. The van der Waals surface area contributed by atoms with E-state index in [1.54, 1.807) is 0 Å². The largest absolute Gasteiger partial charge is 0.357 e. The third kappa shape index (κ3) is 3.88. The second-order valence-corrected chi connectivity index (χ2v) is 0.551. The van der Waals surface area contributed by atoms with Crippen molar-refractivity contribution in [1.82, 2.24) is 5.90 Å². The van der Waals surface area contributed by atoms with Crippen molar-refractivity contribution >= 4 is 0 Å². The van der Waals surface area contributed by atoms with E-state index < -0.39 is 0 Å². The third-order valence-corrected chi connectivity index (χ3v) is 0.177. The minimum Gasteiger partial charge on any atom is -0.357 e. The van der Waals surface area contributed by atoms with Crippen LogP contribution in [0.5, 0.6) is 0 Å². The summed E-state index contributed by atoms with van der Waals surface area (Å²) in [7, 11) is 1.47. The van der Waals surface area contributed by atoms with Crippen LogP contribution in [0.4, 0.5) is 0 Å². The number of ether oxygens (including phenoxy) is 1. The molecule has 0 saturated heterocycles. The van der Waals surface area contributed by atoms with Crippen LogP contribution >= 0.6 is 0 Å². The summed E-state index contributed by atoms with van der Waals surface area (Å²) in [6.45, 7) is 0.0556. The van der Waals surface area contributed by atoms with E-state index in [1.807, 2.05) is 0 Å². The molecule has 0 spiro atoms. The average molecular weight is 76.1 g/mol. The van der Waals surface area contributed by atoms with E-state index in [0.29, 0.717) is 0 Å². The van der Waals surface area contributed by atoms with Gasteiger partial charge < -0.3 is 4.74 Å². The van der Waals surface area contributed by atoms with Crippen LogP contribution in [0.2, 0.25) is 0 Å². The van der Waals surface area contributed by atoms with Gasteiger partial charge in [0.25, 0.3) is 0 Å². The van der Waals surface area contributed by atoms with Crippen LogP contribution in [0.1, 0.15) is 0 Å². The molecule has 0 aromatic carbocycles. The molecule has 0 aliphatic heterocycles. The van der Waals surface area contributed by atoms with E-state index in [2.05, 4.69) is 9.57 Å². The highest BCUT2D eigenvalue weighted by Gasteiger charge is 1.65. The molecule has 0 saturated carbocycles. The van der Waals surface area contributed by atoms with Crippen LogP contribution in [0.15, 0.2) is 0 Å². The van der Waals surface area contributed by atoms with E-state index >= 15 is 0 Å². The predicted octanol–water partition coefficient (Wildman–Crippen LogP) is -0.195. The van der Waals surface area contributed by atoms with Crippen LogP contribution < -0.4 is 5.90 Å². The van der Waals surface area contributed by atoms with Crippen LogP contribution in [-0.2, 0) is 9.57 Å². The van der Waals surface area contributed by atoms with Gasteiger partial charge in [0.05, 0.1) is 0 Å². The summed E-state index contributed by atoms with van der Waals surface area (Å²) in [4.78, 5) is 3.72. The molecule has 1 N–H and O–H groups in total. The van der Waals surface area contributed by atoms with Crippen molar-refractivity contribution in [3.8, 4) is 0 Å². The lowest BCUT2D eigenvalue weighted by atomic mass is 11.4. The summed E-state index contributed by atoms with van der Waals surface area (Å²) < 4.78 is 4.28. The Labute approximate surface area is 30.6 Å². The first-order chi connectivity index (χ1) is 2.41. The molecular formula is C2H6NO2. The van der Waals surface area contributed by atoms with E-state index in [4.69, 9.17) is 5.90 Å². The average Bonchev–Trinajstić information content (AvgIpc) is 1.41. The lowest BCUT2D eigenvalue weighted by molar-refractivity contribution is -0.0419. The summed E-state index contributed by atoms with van der Waals surface area (Å²) >= 11 is 0. The number of hydrogen-bond acceptors (Lipinski definition) is 2. The summed E-state index contributed by atoms with van der Waals surface area (Å²) in [5, 5.41) is 0. The fraction of sp³-hybridized carbons (Fsp3) is 1.00. The summed E-state index contributed by atoms with van der Waals surface area (Å²) in [5.41, 5.74) is 0. The predicted molar refractivity (Wildman–Crippen MR) is 16.1 cm³/mol. The van der Waals surface area contributed by atoms with Crippen molar-refractivity contribution in [2.45, 2.75) is 0 Å². The lowest BCUT2D eigenvalue weighted by Crippen LogP contribution is -1.90. The number of rotatable bonds is 2. The molecule has 0 bridgehead atoms. The maximum atomic E-state index is 5.98. The molecule has 0 amide bonds. The molecule has 0 fully saturated rings. The van der Waals surface area contributed by atoms with Crippen molar-refractivity contribution in [3.05, 3.63) is 0 Å². The van der Waals surface area contributed by atoms with Gasteiger partial charge in [-0.3, -0.25) is 4.84 Å². The smallest absolute Gasteiger partial charge is 0.168 e. The molecule has 0 aromatic heterocycles. The van der Waals surface area contributed by atoms with E-state index in [1.165, 1.54) is 7.11 Å². The van der Waals surface area contributed by atoms with Crippen LogP contribution in [0.25, 0.3) is 0 Å². The van der Waals surface area contributed by atoms with Gasteiger partial charge in [0.15, 0.2) is 6.79 Å². The van der Waals surface area contributed by atoms with Gasteiger partial charge >= 0.3 is 0 Å².